The van der Waals surface area contributed by atoms with Gasteiger partial charge in [0.25, 0.3) is 0 Å². The number of anilines is 1. The third-order valence-electron chi connectivity index (χ3n) is 4.01. The van der Waals surface area contributed by atoms with Gasteiger partial charge < -0.3 is 15.2 Å². The summed E-state index contributed by atoms with van der Waals surface area (Å²) in [7, 11) is 0. The van der Waals surface area contributed by atoms with Crippen molar-refractivity contribution in [1.29, 1.82) is 0 Å². The molecule has 0 radical (unpaired) electrons. The molecule has 0 bridgehead atoms. The van der Waals surface area contributed by atoms with Crippen molar-refractivity contribution in [2.24, 2.45) is 4.99 Å². The lowest BCUT2D eigenvalue weighted by Gasteiger charge is -2.37. The van der Waals surface area contributed by atoms with E-state index in [2.05, 4.69) is 4.99 Å². The lowest BCUT2D eigenvalue weighted by Crippen LogP contribution is -2.52. The van der Waals surface area contributed by atoms with E-state index in [1.165, 1.54) is 5.01 Å². The molecule has 2 aromatic carbocycles. The maximum Gasteiger partial charge on any atom is 0.429 e. The van der Waals surface area contributed by atoms with Gasteiger partial charge in [-0.15, -0.1) is 0 Å². The Balaban J connectivity index is 1.97. The molecular formula is C20H24N4O3. The summed E-state index contributed by atoms with van der Waals surface area (Å²) < 4.78 is 11.4. The largest absolute Gasteiger partial charge is 0.445 e. The Bertz CT molecular complexity index is 851. The van der Waals surface area contributed by atoms with E-state index in [0.717, 1.165) is 11.3 Å². The van der Waals surface area contributed by atoms with Crippen LogP contribution in [0.4, 0.5) is 16.2 Å². The first-order valence-electron chi connectivity index (χ1n) is 8.94. The second-order valence-corrected chi connectivity index (χ2v) is 6.37. The molecule has 2 N–H and O–H groups in total. The van der Waals surface area contributed by atoms with Crippen molar-refractivity contribution in [2.45, 2.75) is 33.4 Å². The minimum Gasteiger partial charge on any atom is -0.445 e. The molecule has 0 unspecified atom stereocenters. The number of nitrogens with two attached hydrogens (primary N) is 1. The maximum atomic E-state index is 12.6. The molecule has 0 saturated heterocycles. The summed E-state index contributed by atoms with van der Waals surface area (Å²) in [6, 6.07) is 15.2. The van der Waals surface area contributed by atoms with E-state index in [-0.39, 0.29) is 12.1 Å². The van der Waals surface area contributed by atoms with E-state index in [1.54, 1.807) is 17.1 Å². The van der Waals surface area contributed by atoms with Crippen LogP contribution >= 0.6 is 0 Å². The number of carbonyl (C=O) groups is 1. The zero-order valence-electron chi connectivity index (χ0n) is 15.8. The van der Waals surface area contributed by atoms with Crippen molar-refractivity contribution in [3.05, 3.63) is 54.1 Å². The Morgan fingerprint density at radius 1 is 1.22 bits per heavy atom. The molecule has 2 aromatic rings. The van der Waals surface area contributed by atoms with Crippen LogP contribution in [-0.4, -0.2) is 34.8 Å². The fourth-order valence-corrected chi connectivity index (χ4v) is 2.74. The number of ether oxygens (including phenoxy) is 2. The van der Waals surface area contributed by atoms with Gasteiger partial charge in [-0.1, -0.05) is 30.3 Å². The third-order valence-corrected chi connectivity index (χ3v) is 4.01. The van der Waals surface area contributed by atoms with Crippen molar-refractivity contribution >= 4 is 23.5 Å². The van der Waals surface area contributed by atoms with Gasteiger partial charge in [-0.05, 0) is 44.5 Å². The number of para-hydroxylation sites is 3. The van der Waals surface area contributed by atoms with Crippen LogP contribution in [0.2, 0.25) is 0 Å². The highest BCUT2D eigenvalue weighted by atomic mass is 16.6. The normalized spacial score (nSPS) is 13.0. The van der Waals surface area contributed by atoms with Crippen LogP contribution in [0.5, 0.6) is 5.75 Å². The van der Waals surface area contributed by atoms with Gasteiger partial charge in [-0.2, -0.15) is 4.99 Å². The second kappa shape index (κ2) is 7.99. The molecule has 1 heterocycles. The third kappa shape index (κ3) is 4.13. The van der Waals surface area contributed by atoms with Crippen LogP contribution < -0.4 is 10.5 Å². The van der Waals surface area contributed by atoms with Gasteiger partial charge in [0.15, 0.2) is 5.75 Å². The topological polar surface area (TPSA) is 80.4 Å². The fourth-order valence-electron chi connectivity index (χ4n) is 2.74. The predicted octanol–water partition coefficient (Wildman–Crippen LogP) is 3.93. The van der Waals surface area contributed by atoms with E-state index in [1.807, 2.05) is 57.2 Å². The van der Waals surface area contributed by atoms with Gasteiger partial charge in [-0.25, -0.2) is 14.8 Å². The second-order valence-electron chi connectivity index (χ2n) is 6.37. The number of nitrogens with zero attached hydrogens (tertiary/aromatic N) is 3. The number of fused-ring (bicyclic) bond motifs is 1. The van der Waals surface area contributed by atoms with Crippen LogP contribution in [0.3, 0.4) is 0 Å². The van der Waals surface area contributed by atoms with Gasteiger partial charge in [0, 0.05) is 6.54 Å². The molecule has 1 aliphatic heterocycles. The number of hydrogen-bond acceptors (Lipinski definition) is 6. The zero-order valence-corrected chi connectivity index (χ0v) is 15.8. The van der Waals surface area contributed by atoms with E-state index < -0.39 is 6.09 Å². The molecule has 7 heteroatoms. The molecule has 27 heavy (non-hydrogen) atoms. The highest BCUT2D eigenvalue weighted by Crippen LogP contribution is 2.29. The van der Waals surface area contributed by atoms with E-state index >= 15 is 0 Å². The van der Waals surface area contributed by atoms with Gasteiger partial charge in [0.1, 0.15) is 0 Å². The zero-order chi connectivity index (χ0) is 19.4. The number of carbonyl (C=O) groups excluding carboxylic acids is 1. The number of benzene rings is 2. The first kappa shape index (κ1) is 18.6. The number of amidine groups is 1. The van der Waals surface area contributed by atoms with E-state index in [9.17, 15) is 4.79 Å². The average Bonchev–Trinajstić information content (AvgIpc) is 2.64. The van der Waals surface area contributed by atoms with Crippen molar-refractivity contribution in [1.82, 2.24) is 10.0 Å². The Hall–Kier alpha value is -3.22. The summed E-state index contributed by atoms with van der Waals surface area (Å²) in [5, 5.41) is 3.16. The van der Waals surface area contributed by atoms with Gasteiger partial charge in [0.2, 0.25) is 0 Å². The van der Waals surface area contributed by atoms with Crippen LogP contribution in [-0.2, 0) is 11.3 Å². The molecule has 0 spiro atoms. The molecule has 1 amide bonds. The maximum absolute atomic E-state index is 12.6. The lowest BCUT2D eigenvalue weighted by molar-refractivity contribution is -0.000336. The number of hydrogen-bond donors (Lipinski definition) is 1. The minimum atomic E-state index is -0.454. The average molecular weight is 368 g/mol. The summed E-state index contributed by atoms with van der Waals surface area (Å²) in [6.07, 6.45) is -0.682. The van der Waals surface area contributed by atoms with Crippen LogP contribution in [0, 0.1) is 0 Å². The Morgan fingerprint density at radius 3 is 2.63 bits per heavy atom. The van der Waals surface area contributed by atoms with Crippen molar-refractivity contribution in [3.8, 4) is 5.75 Å². The van der Waals surface area contributed by atoms with Gasteiger partial charge in [0.05, 0.1) is 24.0 Å². The van der Waals surface area contributed by atoms with Crippen LogP contribution in [0.1, 0.15) is 26.3 Å². The smallest absolute Gasteiger partial charge is 0.429 e. The highest BCUT2D eigenvalue weighted by molar-refractivity contribution is 5.85. The summed E-state index contributed by atoms with van der Waals surface area (Å²) in [6.45, 7) is 6.33. The molecular weight excluding hydrogens is 344 g/mol. The highest BCUT2D eigenvalue weighted by Gasteiger charge is 2.31. The molecule has 1 aliphatic rings. The quantitative estimate of drug-likeness (QED) is 0.827. The van der Waals surface area contributed by atoms with Crippen LogP contribution in [0.15, 0.2) is 53.5 Å². The summed E-state index contributed by atoms with van der Waals surface area (Å²) in [5.74, 6) is 0.480. The van der Waals surface area contributed by atoms with Crippen molar-refractivity contribution < 1.29 is 14.3 Å². The predicted molar refractivity (Wildman–Crippen MR) is 105 cm³/mol. The number of amides is 1. The minimum absolute atomic E-state index is 0.227. The first-order valence-corrected chi connectivity index (χ1v) is 8.94. The molecule has 0 fully saturated rings. The van der Waals surface area contributed by atoms with E-state index in [4.69, 9.17) is 15.2 Å². The molecule has 0 atom stereocenters. The number of aliphatic imine (C=N–C) groups is 1. The molecule has 3 rings (SSSR count). The Labute approximate surface area is 159 Å². The van der Waals surface area contributed by atoms with Crippen molar-refractivity contribution in [2.75, 3.05) is 12.3 Å². The molecule has 7 nitrogen and oxygen atoms in total. The fraction of sp³-hybridized carbons (Fsp3) is 0.300. The lowest BCUT2D eigenvalue weighted by atomic mass is 10.1. The first-order chi connectivity index (χ1) is 13.0. The van der Waals surface area contributed by atoms with Crippen molar-refractivity contribution in [3.63, 3.8) is 0 Å². The van der Waals surface area contributed by atoms with Gasteiger partial charge in [-0.3, -0.25) is 0 Å². The summed E-state index contributed by atoms with van der Waals surface area (Å²) in [4.78, 5) is 17.2. The monoisotopic (exact) mass is 368 g/mol. The number of nitrogen functional groups attached to an aromatic ring is 1. The molecule has 0 aromatic heterocycles. The number of rotatable bonds is 4. The molecule has 0 saturated carbocycles. The van der Waals surface area contributed by atoms with Crippen LogP contribution in [0.25, 0.3) is 0 Å². The Morgan fingerprint density at radius 2 is 1.93 bits per heavy atom. The standard InChI is InChI=1S/C20H24N4O3/c1-4-23(20(25)26-14(2)3)24-13-15-9-5-7-11-17(15)22-19(24)27-18-12-8-6-10-16(18)21/h5-12,14H,4,13,21H2,1-3H3. The van der Waals surface area contributed by atoms with E-state index in [0.29, 0.717) is 24.5 Å². The SMILES string of the molecule is CCN(C(=O)OC(C)C)N1Cc2ccccc2N=C1Oc1ccccc1N. The van der Waals surface area contributed by atoms with Gasteiger partial charge >= 0.3 is 12.1 Å². The molecule has 142 valence electrons. The number of hydrazine groups is 1. The summed E-state index contributed by atoms with van der Waals surface area (Å²) >= 11 is 0. The summed E-state index contributed by atoms with van der Waals surface area (Å²) in [5.41, 5.74) is 8.29. The molecule has 0 aliphatic carbocycles. The Kier molecular flexibility index (Phi) is 5.49.